The number of anilines is 1. The third-order valence-corrected chi connectivity index (χ3v) is 3.59. The van der Waals surface area contributed by atoms with Crippen molar-refractivity contribution < 1.29 is 5.11 Å². The van der Waals surface area contributed by atoms with E-state index in [0.717, 1.165) is 5.69 Å². The van der Waals surface area contributed by atoms with E-state index in [2.05, 4.69) is 20.6 Å². The largest absolute Gasteiger partial charge is 0.507 e. The Morgan fingerprint density at radius 3 is 2.84 bits per heavy atom. The Kier molecular flexibility index (Phi) is 2.88. The second kappa shape index (κ2) is 4.69. The van der Waals surface area contributed by atoms with Crippen molar-refractivity contribution in [2.75, 3.05) is 12.4 Å². The minimum absolute atomic E-state index is 0.159. The molecule has 3 rings (SSSR count). The highest BCUT2D eigenvalue weighted by atomic mass is 32.1. The van der Waals surface area contributed by atoms with Gasteiger partial charge in [0.1, 0.15) is 5.75 Å². The van der Waals surface area contributed by atoms with Gasteiger partial charge in [0.25, 0.3) is 0 Å². The summed E-state index contributed by atoms with van der Waals surface area (Å²) in [4.78, 5) is 0. The third-order valence-electron chi connectivity index (χ3n) is 2.62. The Bertz CT molecular complexity index is 692. The highest BCUT2D eigenvalue weighted by Gasteiger charge is 2.11. The van der Waals surface area contributed by atoms with E-state index in [1.165, 1.54) is 11.3 Å². The van der Waals surface area contributed by atoms with Gasteiger partial charge in [-0.15, -0.1) is 10.2 Å². The maximum atomic E-state index is 10.1. The molecule has 0 aliphatic rings. The van der Waals surface area contributed by atoms with Gasteiger partial charge in [0.15, 0.2) is 5.01 Å². The molecule has 1 aromatic carbocycles. The van der Waals surface area contributed by atoms with E-state index < -0.39 is 0 Å². The lowest BCUT2D eigenvalue weighted by molar-refractivity contribution is 0.476. The molecule has 6 nitrogen and oxygen atoms in total. The predicted octanol–water partition coefficient (Wildman–Crippen LogP) is 2.14. The highest BCUT2D eigenvalue weighted by molar-refractivity contribution is 7.18. The van der Waals surface area contributed by atoms with Crippen LogP contribution in [-0.2, 0) is 0 Å². The topological polar surface area (TPSA) is 75.9 Å². The SMILES string of the molecule is CNc1nnc(-c2ccc(-n3cccn3)cc2O)s1. The summed E-state index contributed by atoms with van der Waals surface area (Å²) in [6.45, 7) is 0. The van der Waals surface area contributed by atoms with Crippen LogP contribution < -0.4 is 5.32 Å². The summed E-state index contributed by atoms with van der Waals surface area (Å²) in [6, 6.07) is 7.17. The van der Waals surface area contributed by atoms with Gasteiger partial charge < -0.3 is 10.4 Å². The van der Waals surface area contributed by atoms with Crippen LogP contribution in [0.4, 0.5) is 5.13 Å². The molecule has 0 bridgehead atoms. The van der Waals surface area contributed by atoms with Crippen molar-refractivity contribution in [1.82, 2.24) is 20.0 Å². The minimum Gasteiger partial charge on any atom is -0.507 e. The van der Waals surface area contributed by atoms with E-state index in [1.807, 2.05) is 24.4 Å². The first-order valence-electron chi connectivity index (χ1n) is 5.62. The molecule has 3 aromatic rings. The maximum absolute atomic E-state index is 10.1. The first-order valence-corrected chi connectivity index (χ1v) is 6.44. The van der Waals surface area contributed by atoms with Gasteiger partial charge >= 0.3 is 0 Å². The Morgan fingerprint density at radius 1 is 1.32 bits per heavy atom. The number of hydrogen-bond acceptors (Lipinski definition) is 6. The summed E-state index contributed by atoms with van der Waals surface area (Å²) in [5.74, 6) is 0.159. The summed E-state index contributed by atoms with van der Waals surface area (Å²) in [7, 11) is 1.78. The summed E-state index contributed by atoms with van der Waals surface area (Å²) < 4.78 is 1.68. The fraction of sp³-hybridized carbons (Fsp3) is 0.0833. The molecule has 0 aliphatic carbocycles. The number of nitrogens with one attached hydrogen (secondary N) is 1. The van der Waals surface area contributed by atoms with Crippen LogP contribution in [-0.4, -0.2) is 32.1 Å². The van der Waals surface area contributed by atoms with Crippen molar-refractivity contribution in [2.24, 2.45) is 0 Å². The van der Waals surface area contributed by atoms with Crippen molar-refractivity contribution in [3.8, 4) is 22.0 Å². The van der Waals surface area contributed by atoms with Crippen LogP contribution >= 0.6 is 11.3 Å². The molecular formula is C12H11N5OS. The zero-order valence-electron chi connectivity index (χ0n) is 10.1. The fourth-order valence-corrected chi connectivity index (χ4v) is 2.43. The second-order valence-electron chi connectivity index (χ2n) is 3.81. The average Bonchev–Trinajstić information content (AvgIpc) is 3.10. The summed E-state index contributed by atoms with van der Waals surface area (Å²) >= 11 is 1.39. The van der Waals surface area contributed by atoms with Crippen LogP contribution in [0.25, 0.3) is 16.3 Å². The monoisotopic (exact) mass is 273 g/mol. The lowest BCUT2D eigenvalue weighted by Gasteiger charge is -2.05. The number of aromatic hydroxyl groups is 1. The van der Waals surface area contributed by atoms with Gasteiger partial charge in [-0.25, -0.2) is 4.68 Å². The molecule has 0 radical (unpaired) electrons. The molecule has 0 atom stereocenters. The van der Waals surface area contributed by atoms with Crippen molar-refractivity contribution in [1.29, 1.82) is 0 Å². The molecule has 2 heterocycles. The molecule has 0 saturated heterocycles. The molecule has 0 saturated carbocycles. The molecule has 0 fully saturated rings. The molecule has 19 heavy (non-hydrogen) atoms. The lowest BCUT2D eigenvalue weighted by Crippen LogP contribution is -1.93. The number of hydrogen-bond donors (Lipinski definition) is 2. The molecule has 0 aliphatic heterocycles. The Balaban J connectivity index is 2.00. The van der Waals surface area contributed by atoms with Gasteiger partial charge in [-0.05, 0) is 18.2 Å². The highest BCUT2D eigenvalue weighted by Crippen LogP contribution is 2.33. The van der Waals surface area contributed by atoms with Crippen molar-refractivity contribution >= 4 is 16.5 Å². The van der Waals surface area contributed by atoms with Crippen LogP contribution in [0.2, 0.25) is 0 Å². The molecule has 0 amide bonds. The van der Waals surface area contributed by atoms with E-state index in [9.17, 15) is 5.11 Å². The third kappa shape index (κ3) is 2.15. The lowest BCUT2D eigenvalue weighted by atomic mass is 10.2. The van der Waals surface area contributed by atoms with Crippen LogP contribution in [0.1, 0.15) is 0 Å². The van der Waals surface area contributed by atoms with Crippen LogP contribution in [0.5, 0.6) is 5.75 Å². The zero-order valence-corrected chi connectivity index (χ0v) is 10.9. The van der Waals surface area contributed by atoms with Crippen LogP contribution in [0.15, 0.2) is 36.7 Å². The number of aromatic nitrogens is 4. The normalized spacial score (nSPS) is 10.6. The molecule has 0 spiro atoms. The summed E-state index contributed by atoms with van der Waals surface area (Å²) in [5.41, 5.74) is 1.46. The number of benzene rings is 1. The smallest absolute Gasteiger partial charge is 0.205 e. The van der Waals surface area contributed by atoms with Crippen LogP contribution in [0, 0.1) is 0 Å². The number of nitrogens with zero attached hydrogens (tertiary/aromatic N) is 4. The van der Waals surface area contributed by atoms with E-state index in [1.54, 1.807) is 24.0 Å². The maximum Gasteiger partial charge on any atom is 0.205 e. The standard InChI is InChI=1S/C12H11N5OS/c1-13-12-16-15-11(19-12)9-4-3-8(7-10(9)18)17-6-2-5-14-17/h2-7,18H,1H3,(H,13,16). The van der Waals surface area contributed by atoms with Gasteiger partial charge in [0, 0.05) is 25.5 Å². The summed E-state index contributed by atoms with van der Waals surface area (Å²) in [5, 5.41) is 26.5. The summed E-state index contributed by atoms with van der Waals surface area (Å²) in [6.07, 6.45) is 3.51. The molecule has 2 aromatic heterocycles. The zero-order chi connectivity index (χ0) is 13.2. The van der Waals surface area contributed by atoms with Gasteiger partial charge in [-0.1, -0.05) is 11.3 Å². The molecule has 0 unspecified atom stereocenters. The predicted molar refractivity (Wildman–Crippen MR) is 73.7 cm³/mol. The van der Waals surface area contributed by atoms with Gasteiger partial charge in [-0.3, -0.25) is 0 Å². The van der Waals surface area contributed by atoms with E-state index >= 15 is 0 Å². The average molecular weight is 273 g/mol. The fourth-order valence-electron chi connectivity index (χ4n) is 1.70. The van der Waals surface area contributed by atoms with E-state index in [0.29, 0.717) is 15.7 Å². The molecule has 96 valence electrons. The first-order chi connectivity index (χ1) is 9.28. The van der Waals surface area contributed by atoms with E-state index in [-0.39, 0.29) is 5.75 Å². The Morgan fingerprint density at radius 2 is 2.21 bits per heavy atom. The van der Waals surface area contributed by atoms with Crippen molar-refractivity contribution in [2.45, 2.75) is 0 Å². The second-order valence-corrected chi connectivity index (χ2v) is 4.79. The molecular weight excluding hydrogens is 262 g/mol. The first kappa shape index (κ1) is 11.7. The van der Waals surface area contributed by atoms with Gasteiger partial charge in [0.2, 0.25) is 5.13 Å². The van der Waals surface area contributed by atoms with Gasteiger partial charge in [-0.2, -0.15) is 5.10 Å². The number of phenolic OH excluding ortho intramolecular Hbond substituents is 1. The van der Waals surface area contributed by atoms with Crippen molar-refractivity contribution in [3.63, 3.8) is 0 Å². The Labute approximate surface area is 113 Å². The van der Waals surface area contributed by atoms with Gasteiger partial charge in [0.05, 0.1) is 11.3 Å². The molecule has 7 heteroatoms. The quantitative estimate of drug-likeness (QED) is 0.764. The number of phenols is 1. The van der Waals surface area contributed by atoms with Crippen molar-refractivity contribution in [3.05, 3.63) is 36.7 Å². The van der Waals surface area contributed by atoms with E-state index in [4.69, 9.17) is 0 Å². The van der Waals surface area contributed by atoms with Crippen LogP contribution in [0.3, 0.4) is 0 Å². The number of rotatable bonds is 3. The molecule has 2 N–H and O–H groups in total. The Hall–Kier alpha value is -2.41. The minimum atomic E-state index is 0.159.